The van der Waals surface area contributed by atoms with Crippen LogP contribution in [0.4, 0.5) is 0 Å². The summed E-state index contributed by atoms with van der Waals surface area (Å²) < 4.78 is 14.8. The van der Waals surface area contributed by atoms with Crippen molar-refractivity contribution in [2.45, 2.75) is 64.5 Å². The zero-order chi connectivity index (χ0) is 32.6. The number of nitrogens with one attached hydrogen (secondary N) is 3. The van der Waals surface area contributed by atoms with E-state index in [0.717, 1.165) is 33.5 Å². The van der Waals surface area contributed by atoms with E-state index in [0.29, 0.717) is 29.2 Å². The fourth-order valence-corrected chi connectivity index (χ4v) is 4.50. The number of carbonyl (C=O) groups excluding carboxylic acids is 6. The average molecular weight is 617 g/mol. The number of benzene rings is 1. The molecule has 3 atom stereocenters. The van der Waals surface area contributed by atoms with Crippen molar-refractivity contribution in [3.63, 3.8) is 0 Å². The van der Waals surface area contributed by atoms with E-state index in [9.17, 15) is 34.0 Å². The number of nitrogens with zero attached hydrogens (tertiary/aromatic N) is 1. The normalized spacial score (nSPS) is 12.7. The molecule has 240 valence electrons. The molecule has 0 spiro atoms. The molecule has 1 heterocycles. The van der Waals surface area contributed by atoms with Gasteiger partial charge in [0.2, 0.25) is 12.3 Å². The van der Waals surface area contributed by atoms with Crippen LogP contribution in [0.25, 0.3) is 11.3 Å². The first-order chi connectivity index (χ1) is 21.1. The summed E-state index contributed by atoms with van der Waals surface area (Å²) in [6.45, 7) is 3.59. The summed E-state index contributed by atoms with van der Waals surface area (Å²) in [5, 5.41) is 18.1. The van der Waals surface area contributed by atoms with Crippen LogP contribution in [0.15, 0.2) is 40.8 Å². The van der Waals surface area contributed by atoms with Crippen LogP contribution in [0.1, 0.15) is 73.3 Å². The molecular weight excluding hydrogens is 576 g/mol. The van der Waals surface area contributed by atoms with Gasteiger partial charge >= 0.3 is 11.9 Å². The molecule has 4 amide bonds. The third-order valence-electron chi connectivity index (χ3n) is 6.95. The van der Waals surface area contributed by atoms with E-state index >= 15 is 0 Å². The van der Waals surface area contributed by atoms with Gasteiger partial charge in [-0.15, -0.1) is 0 Å². The number of hydroxylamine groups is 2. The van der Waals surface area contributed by atoms with Gasteiger partial charge in [-0.25, -0.2) is 9.86 Å². The van der Waals surface area contributed by atoms with E-state index in [1.54, 1.807) is 25.1 Å². The zero-order valence-corrected chi connectivity index (χ0v) is 25.3. The standard InChI is InChI=1S/C30H40N4O10/c1-5-7-8-9-21(23(6-2)34(41)18-35)28(38)31-17-32-29(39)25-15-14-24(44-25)19-10-12-20(13-11-19)27(37)33-22(30(40)43-4)16-26(36)42-3/h10-15,18,21-23,41H,5-9,16-17H2,1-4H3,(H,31,38)(H,32,39)(H,33,37)/t21?,22?,23-/m1/s1. The third-order valence-corrected chi connectivity index (χ3v) is 6.95. The summed E-state index contributed by atoms with van der Waals surface area (Å²) in [4.78, 5) is 72.8. The maximum atomic E-state index is 12.9. The number of furan rings is 1. The fraction of sp³-hybridized carbons (Fsp3) is 0.467. The molecule has 14 heteroatoms. The van der Waals surface area contributed by atoms with Crippen LogP contribution in [-0.4, -0.2) is 79.3 Å². The maximum absolute atomic E-state index is 12.9. The predicted molar refractivity (Wildman–Crippen MR) is 156 cm³/mol. The number of unbranched alkanes of at least 4 members (excludes halogenated alkanes) is 2. The lowest BCUT2D eigenvalue weighted by Gasteiger charge is -2.29. The van der Waals surface area contributed by atoms with Gasteiger partial charge in [-0.3, -0.25) is 29.2 Å². The molecule has 0 radical (unpaired) electrons. The Kier molecular flexibility index (Phi) is 14.6. The highest BCUT2D eigenvalue weighted by Crippen LogP contribution is 2.23. The number of methoxy groups -OCH3 is 2. The Hall–Kier alpha value is -4.72. The Morgan fingerprint density at radius 1 is 0.955 bits per heavy atom. The van der Waals surface area contributed by atoms with Gasteiger partial charge in [0, 0.05) is 11.1 Å². The Morgan fingerprint density at radius 3 is 2.25 bits per heavy atom. The quantitative estimate of drug-likeness (QED) is 0.0483. The van der Waals surface area contributed by atoms with Gasteiger partial charge in [0.05, 0.1) is 39.3 Å². The van der Waals surface area contributed by atoms with Crippen molar-refractivity contribution in [2.24, 2.45) is 5.92 Å². The molecule has 1 aromatic heterocycles. The molecule has 2 unspecified atom stereocenters. The summed E-state index contributed by atoms with van der Waals surface area (Å²) >= 11 is 0. The van der Waals surface area contributed by atoms with Gasteiger partial charge < -0.3 is 29.8 Å². The van der Waals surface area contributed by atoms with Gasteiger partial charge in [-0.2, -0.15) is 0 Å². The zero-order valence-electron chi connectivity index (χ0n) is 25.3. The van der Waals surface area contributed by atoms with Crippen LogP contribution in [0.3, 0.4) is 0 Å². The van der Waals surface area contributed by atoms with Crippen molar-refractivity contribution in [3.05, 3.63) is 47.7 Å². The average Bonchev–Trinajstić information content (AvgIpc) is 3.54. The summed E-state index contributed by atoms with van der Waals surface area (Å²) in [5.74, 6) is -3.43. The minimum absolute atomic E-state index is 0.0202. The molecule has 2 aromatic rings. The van der Waals surface area contributed by atoms with E-state index in [1.165, 1.54) is 18.2 Å². The Labute approximate surface area is 255 Å². The summed E-state index contributed by atoms with van der Waals surface area (Å²) in [5.41, 5.74) is 0.751. The van der Waals surface area contributed by atoms with Crippen LogP contribution >= 0.6 is 0 Å². The number of ether oxygens (including phenoxy) is 2. The number of hydrogen-bond donors (Lipinski definition) is 4. The van der Waals surface area contributed by atoms with Crippen LogP contribution in [0.5, 0.6) is 0 Å². The molecule has 0 saturated carbocycles. The predicted octanol–water partition coefficient (Wildman–Crippen LogP) is 2.41. The lowest BCUT2D eigenvalue weighted by molar-refractivity contribution is -0.168. The van der Waals surface area contributed by atoms with Gasteiger partial charge in [0.15, 0.2) is 5.76 Å². The Balaban J connectivity index is 1.99. The third kappa shape index (κ3) is 10.2. The Morgan fingerprint density at radius 2 is 1.66 bits per heavy atom. The second kappa shape index (κ2) is 18.1. The lowest BCUT2D eigenvalue weighted by Crippen LogP contribution is -2.47. The second-order valence-electron chi connectivity index (χ2n) is 9.86. The van der Waals surface area contributed by atoms with Crippen molar-refractivity contribution in [2.75, 3.05) is 20.9 Å². The largest absolute Gasteiger partial charge is 0.469 e. The number of rotatable bonds is 18. The van der Waals surface area contributed by atoms with Gasteiger partial charge in [-0.05, 0) is 37.1 Å². The number of amides is 4. The van der Waals surface area contributed by atoms with E-state index in [-0.39, 0.29) is 24.4 Å². The fourth-order valence-electron chi connectivity index (χ4n) is 4.50. The van der Waals surface area contributed by atoms with Crippen LogP contribution in [-0.2, 0) is 28.7 Å². The number of hydrogen-bond acceptors (Lipinski definition) is 10. The molecule has 4 N–H and O–H groups in total. The lowest BCUT2D eigenvalue weighted by atomic mass is 9.90. The summed E-state index contributed by atoms with van der Waals surface area (Å²) in [7, 11) is 2.30. The van der Waals surface area contributed by atoms with Gasteiger partial charge in [0.25, 0.3) is 11.8 Å². The number of esters is 2. The highest BCUT2D eigenvalue weighted by atomic mass is 16.5. The molecule has 0 saturated heterocycles. The van der Waals surface area contributed by atoms with Gasteiger partial charge in [-0.1, -0.05) is 45.2 Å². The number of carbonyl (C=O) groups is 6. The molecule has 0 aliphatic rings. The second-order valence-corrected chi connectivity index (χ2v) is 9.86. The monoisotopic (exact) mass is 616 g/mol. The first-order valence-corrected chi connectivity index (χ1v) is 14.2. The SMILES string of the molecule is CCCCCC(C(=O)NCNC(=O)c1ccc(-c2ccc(C(=O)NC(CC(=O)OC)C(=O)OC)cc2)o1)[C@@H](CC)N(O)C=O. The first kappa shape index (κ1) is 35.5. The van der Waals surface area contributed by atoms with E-state index in [2.05, 4.69) is 25.4 Å². The van der Waals surface area contributed by atoms with Crippen LogP contribution < -0.4 is 16.0 Å². The smallest absolute Gasteiger partial charge is 0.328 e. The van der Waals surface area contributed by atoms with E-state index < -0.39 is 54.1 Å². The van der Waals surface area contributed by atoms with E-state index in [4.69, 9.17) is 4.42 Å². The molecular formula is C30H40N4O10. The topological polar surface area (TPSA) is 194 Å². The van der Waals surface area contributed by atoms with Crippen molar-refractivity contribution >= 4 is 36.1 Å². The van der Waals surface area contributed by atoms with Gasteiger partial charge in [0.1, 0.15) is 11.8 Å². The Bertz CT molecular complexity index is 1280. The van der Waals surface area contributed by atoms with Crippen molar-refractivity contribution in [3.8, 4) is 11.3 Å². The summed E-state index contributed by atoms with van der Waals surface area (Å²) in [6, 6.07) is 7.22. The molecule has 2 rings (SSSR count). The highest BCUT2D eigenvalue weighted by Gasteiger charge is 2.31. The molecule has 0 fully saturated rings. The van der Waals surface area contributed by atoms with Crippen LogP contribution in [0, 0.1) is 5.92 Å². The summed E-state index contributed by atoms with van der Waals surface area (Å²) in [6.07, 6.45) is 3.31. The molecule has 14 nitrogen and oxygen atoms in total. The van der Waals surface area contributed by atoms with Crippen molar-refractivity contribution in [1.82, 2.24) is 21.0 Å². The van der Waals surface area contributed by atoms with Crippen molar-refractivity contribution < 1.29 is 47.9 Å². The minimum atomic E-state index is -1.23. The molecule has 44 heavy (non-hydrogen) atoms. The maximum Gasteiger partial charge on any atom is 0.328 e. The first-order valence-electron chi connectivity index (χ1n) is 14.2. The van der Waals surface area contributed by atoms with Crippen molar-refractivity contribution in [1.29, 1.82) is 0 Å². The molecule has 0 aliphatic carbocycles. The molecule has 0 aliphatic heterocycles. The van der Waals surface area contributed by atoms with Crippen LogP contribution in [0.2, 0.25) is 0 Å². The highest BCUT2D eigenvalue weighted by molar-refractivity contribution is 5.98. The molecule has 0 bridgehead atoms. The minimum Gasteiger partial charge on any atom is -0.469 e. The molecule has 1 aromatic carbocycles. The van der Waals surface area contributed by atoms with E-state index in [1.807, 2.05) is 6.92 Å².